The Balaban J connectivity index is 1.55. The van der Waals surface area contributed by atoms with Crippen LogP contribution in [-0.4, -0.2) is 13.3 Å². The van der Waals surface area contributed by atoms with Gasteiger partial charge >= 0.3 is 6.18 Å². The Kier molecular flexibility index (Phi) is 8.87. The van der Waals surface area contributed by atoms with Gasteiger partial charge in [0.15, 0.2) is 8.32 Å². The van der Waals surface area contributed by atoms with Crippen molar-refractivity contribution in [1.82, 2.24) is 4.98 Å². The zero-order valence-corrected chi connectivity index (χ0v) is 26.7. The standard InChI is InChI=1S/C33H42F3NO2SSi/c1-32(2,3)41(4,5)39-28-12-8-11-27-30(28)29(24-17-18-40-21-24)26(31(37-27)23-9-6-7-10-23)20-38-19-22-13-15-25(16-14-22)33(34,35)36/h13-18,21,23,28H,6-12,19-20H2,1-5H3. The van der Waals surface area contributed by atoms with E-state index in [4.69, 9.17) is 14.1 Å². The van der Waals surface area contributed by atoms with Crippen molar-refractivity contribution in [3.63, 3.8) is 0 Å². The van der Waals surface area contributed by atoms with Gasteiger partial charge in [-0.2, -0.15) is 24.5 Å². The monoisotopic (exact) mass is 601 g/mol. The molecule has 0 radical (unpaired) electrons. The van der Waals surface area contributed by atoms with Crippen LogP contribution in [0.1, 0.15) is 105 Å². The number of aromatic nitrogens is 1. The summed E-state index contributed by atoms with van der Waals surface area (Å²) >= 11 is 1.69. The van der Waals surface area contributed by atoms with E-state index < -0.39 is 20.1 Å². The van der Waals surface area contributed by atoms with Gasteiger partial charge in [-0.25, -0.2) is 0 Å². The van der Waals surface area contributed by atoms with Crippen molar-refractivity contribution in [3.05, 3.63) is 74.7 Å². The first kappa shape index (κ1) is 30.5. The lowest BCUT2D eigenvalue weighted by Crippen LogP contribution is -2.42. The van der Waals surface area contributed by atoms with Gasteiger partial charge in [-0.05, 0) is 95.9 Å². The van der Waals surface area contributed by atoms with Crippen LogP contribution in [0.15, 0.2) is 41.1 Å². The van der Waals surface area contributed by atoms with Gasteiger partial charge < -0.3 is 9.16 Å². The minimum absolute atomic E-state index is 0.00617. The van der Waals surface area contributed by atoms with Crippen LogP contribution in [0.3, 0.4) is 0 Å². The van der Waals surface area contributed by atoms with Crippen LogP contribution in [0, 0.1) is 0 Å². The first-order chi connectivity index (χ1) is 19.3. The molecular weight excluding hydrogens is 560 g/mol. The molecule has 3 aromatic rings. The predicted molar refractivity (Wildman–Crippen MR) is 163 cm³/mol. The molecule has 1 unspecified atom stereocenters. The summed E-state index contributed by atoms with van der Waals surface area (Å²) < 4.78 is 52.6. The molecular formula is C33H42F3NO2SSi. The summed E-state index contributed by atoms with van der Waals surface area (Å²) in [6.45, 7) is 12.1. The number of thiophene rings is 1. The summed E-state index contributed by atoms with van der Waals surface area (Å²) in [6.07, 6.45) is 3.33. The number of nitrogens with zero attached hydrogens (tertiary/aromatic N) is 1. The van der Waals surface area contributed by atoms with Gasteiger partial charge in [-0.3, -0.25) is 4.98 Å². The molecule has 1 fully saturated rings. The molecule has 1 aromatic carbocycles. The second kappa shape index (κ2) is 11.9. The van der Waals surface area contributed by atoms with E-state index in [0.717, 1.165) is 61.1 Å². The SMILES string of the molecule is CC(C)(C)[Si](C)(C)OC1CCCc2nc(C3CCCC3)c(COCc3ccc(C(F)(F)F)cc3)c(-c3ccsc3)c21. The summed E-state index contributed by atoms with van der Waals surface area (Å²) in [4.78, 5) is 5.41. The molecule has 8 heteroatoms. The number of pyridine rings is 1. The van der Waals surface area contributed by atoms with E-state index in [0.29, 0.717) is 12.5 Å². The van der Waals surface area contributed by atoms with Gasteiger partial charge in [0.25, 0.3) is 0 Å². The Morgan fingerprint density at radius 3 is 2.27 bits per heavy atom. The molecule has 1 saturated carbocycles. The maximum absolute atomic E-state index is 13.1. The Morgan fingerprint density at radius 1 is 0.951 bits per heavy atom. The lowest BCUT2D eigenvalue weighted by molar-refractivity contribution is -0.137. The van der Waals surface area contributed by atoms with Gasteiger partial charge in [-0.15, -0.1) is 0 Å². The third-order valence-corrected chi connectivity index (χ3v) is 14.4. The summed E-state index contributed by atoms with van der Waals surface area (Å²) in [7, 11) is -2.05. The molecule has 0 aliphatic heterocycles. The maximum Gasteiger partial charge on any atom is 0.416 e. The number of hydrogen-bond donors (Lipinski definition) is 0. The number of rotatable bonds is 8. The Morgan fingerprint density at radius 2 is 1.66 bits per heavy atom. The van der Waals surface area contributed by atoms with E-state index in [1.54, 1.807) is 11.3 Å². The van der Waals surface area contributed by atoms with Crippen molar-refractivity contribution in [2.45, 2.75) is 115 Å². The van der Waals surface area contributed by atoms with Crippen molar-refractivity contribution >= 4 is 19.7 Å². The van der Waals surface area contributed by atoms with E-state index in [1.807, 2.05) is 0 Å². The van der Waals surface area contributed by atoms with Crippen molar-refractivity contribution in [2.24, 2.45) is 0 Å². The second-order valence-electron chi connectivity index (χ2n) is 13.2. The van der Waals surface area contributed by atoms with Gasteiger partial charge in [0.05, 0.1) is 24.9 Å². The highest BCUT2D eigenvalue weighted by atomic mass is 32.1. The smallest absolute Gasteiger partial charge is 0.410 e. The van der Waals surface area contributed by atoms with E-state index in [2.05, 4.69) is 50.7 Å². The average molecular weight is 602 g/mol. The van der Waals surface area contributed by atoms with Crippen molar-refractivity contribution < 1.29 is 22.3 Å². The zero-order chi connectivity index (χ0) is 29.4. The molecule has 2 aliphatic carbocycles. The lowest BCUT2D eigenvalue weighted by atomic mass is 9.83. The molecule has 5 rings (SSSR count). The Hall–Kier alpha value is -2.00. The second-order valence-corrected chi connectivity index (χ2v) is 18.7. The van der Waals surface area contributed by atoms with Crippen LogP contribution in [0.5, 0.6) is 0 Å². The fourth-order valence-electron chi connectivity index (χ4n) is 5.98. The van der Waals surface area contributed by atoms with Gasteiger partial charge in [0.2, 0.25) is 0 Å². The van der Waals surface area contributed by atoms with Crippen LogP contribution in [0.2, 0.25) is 18.1 Å². The first-order valence-corrected chi connectivity index (χ1v) is 18.7. The van der Waals surface area contributed by atoms with E-state index >= 15 is 0 Å². The fourth-order valence-corrected chi connectivity index (χ4v) is 7.92. The average Bonchev–Trinajstić information content (AvgIpc) is 3.62. The molecule has 222 valence electrons. The number of benzene rings is 1. The zero-order valence-electron chi connectivity index (χ0n) is 24.9. The van der Waals surface area contributed by atoms with Crippen LogP contribution >= 0.6 is 11.3 Å². The van der Waals surface area contributed by atoms with Crippen molar-refractivity contribution in [1.29, 1.82) is 0 Å². The summed E-state index contributed by atoms with van der Waals surface area (Å²) in [5, 5.41) is 4.43. The number of ether oxygens (including phenoxy) is 1. The molecule has 3 nitrogen and oxygen atoms in total. The van der Waals surface area contributed by atoms with E-state index in [-0.39, 0.29) is 17.7 Å². The van der Waals surface area contributed by atoms with E-state index in [1.165, 1.54) is 47.4 Å². The highest BCUT2D eigenvalue weighted by Crippen LogP contribution is 2.48. The summed E-state index contributed by atoms with van der Waals surface area (Å²) in [5.74, 6) is 0.407. The quantitative estimate of drug-likeness (QED) is 0.241. The molecule has 0 bridgehead atoms. The lowest BCUT2D eigenvalue weighted by Gasteiger charge is -2.41. The largest absolute Gasteiger partial charge is 0.416 e. The number of hydrogen-bond acceptors (Lipinski definition) is 4. The van der Waals surface area contributed by atoms with Gasteiger partial charge in [0, 0.05) is 28.4 Å². The molecule has 1 atom stereocenters. The Labute approximate surface area is 247 Å². The Bertz CT molecular complexity index is 1320. The number of halogens is 3. The molecule has 2 aromatic heterocycles. The molecule has 0 amide bonds. The third-order valence-electron chi connectivity index (χ3n) is 9.24. The third kappa shape index (κ3) is 6.66. The maximum atomic E-state index is 13.1. The first-order valence-electron chi connectivity index (χ1n) is 14.8. The highest BCUT2D eigenvalue weighted by Gasteiger charge is 2.42. The number of alkyl halides is 3. The topological polar surface area (TPSA) is 31.4 Å². The van der Waals surface area contributed by atoms with Crippen LogP contribution in [-0.2, 0) is 35.0 Å². The molecule has 0 N–H and O–H groups in total. The molecule has 2 aliphatic rings. The number of fused-ring (bicyclic) bond motifs is 1. The predicted octanol–water partition coefficient (Wildman–Crippen LogP) is 10.6. The minimum Gasteiger partial charge on any atom is -0.410 e. The summed E-state index contributed by atoms with van der Waals surface area (Å²) in [6, 6.07) is 7.46. The molecule has 0 saturated heterocycles. The van der Waals surface area contributed by atoms with Crippen LogP contribution in [0.4, 0.5) is 13.2 Å². The molecule has 0 spiro atoms. The normalized spacial score (nSPS) is 18.6. The van der Waals surface area contributed by atoms with Crippen molar-refractivity contribution in [2.75, 3.05) is 0 Å². The van der Waals surface area contributed by atoms with Crippen molar-refractivity contribution in [3.8, 4) is 11.1 Å². The van der Waals surface area contributed by atoms with Gasteiger partial charge in [0.1, 0.15) is 0 Å². The fraction of sp³-hybridized carbons (Fsp3) is 0.545. The van der Waals surface area contributed by atoms with E-state index in [9.17, 15) is 13.2 Å². The van der Waals surface area contributed by atoms with Crippen LogP contribution < -0.4 is 0 Å². The van der Waals surface area contributed by atoms with Crippen LogP contribution in [0.25, 0.3) is 11.1 Å². The molecule has 2 heterocycles. The minimum atomic E-state index is -4.34. The van der Waals surface area contributed by atoms with Gasteiger partial charge in [-0.1, -0.05) is 45.7 Å². The number of aryl methyl sites for hydroxylation is 1. The highest BCUT2D eigenvalue weighted by molar-refractivity contribution is 7.08. The summed E-state index contributed by atoms with van der Waals surface area (Å²) in [5.41, 5.74) is 7.18. The molecule has 41 heavy (non-hydrogen) atoms.